The van der Waals surface area contributed by atoms with Gasteiger partial charge in [0.2, 0.25) is 11.8 Å². The summed E-state index contributed by atoms with van der Waals surface area (Å²) in [4.78, 5) is 35.0. The van der Waals surface area contributed by atoms with E-state index in [2.05, 4.69) is 15.6 Å². The van der Waals surface area contributed by atoms with Crippen LogP contribution in [0.3, 0.4) is 0 Å². The van der Waals surface area contributed by atoms with Gasteiger partial charge in [0.1, 0.15) is 17.7 Å². The molecule has 1 aliphatic rings. The number of nitrogens with zero attached hydrogens (tertiary/aromatic N) is 1. The standard InChI is InChI=1S/C32H42ClFN4O3/c1-6-35-30(39)29(20-10-7-8-11-20)38-31(40)32(4,18-41-5)21-14-15-25-26(16-21)37-27(36-25)17-22(19(2)3)28-23(33)12-9-13-24(28)34/h9,12-16,19-20,22,29H,6-8,10-11,17-18H2,1-5H3,(H,35,39)(H,36,37)(H,38,40)/t22?,29-,32?/m1/s1. The second-order valence-corrected chi connectivity index (χ2v) is 12.2. The van der Waals surface area contributed by atoms with Crippen molar-refractivity contribution in [3.05, 3.63) is 64.2 Å². The van der Waals surface area contributed by atoms with Crippen molar-refractivity contribution < 1.29 is 18.7 Å². The van der Waals surface area contributed by atoms with Gasteiger partial charge >= 0.3 is 0 Å². The number of methoxy groups -OCH3 is 1. The number of aromatic nitrogens is 2. The van der Waals surface area contributed by atoms with Crippen molar-refractivity contribution in [1.82, 2.24) is 20.6 Å². The molecule has 0 saturated heterocycles. The van der Waals surface area contributed by atoms with Crippen LogP contribution in [-0.4, -0.2) is 48.1 Å². The number of likely N-dealkylation sites (N-methyl/N-ethyl adjacent to an activating group) is 1. The normalized spacial score (nSPS) is 17.0. The zero-order chi connectivity index (χ0) is 29.7. The quantitative estimate of drug-likeness (QED) is 0.241. The molecule has 0 bridgehead atoms. The number of amides is 2. The van der Waals surface area contributed by atoms with Crippen LogP contribution in [0.25, 0.3) is 11.0 Å². The average molecular weight is 585 g/mol. The van der Waals surface area contributed by atoms with Gasteiger partial charge in [-0.25, -0.2) is 9.37 Å². The van der Waals surface area contributed by atoms with Crippen LogP contribution in [0.4, 0.5) is 4.39 Å². The molecule has 4 rings (SSSR count). The van der Waals surface area contributed by atoms with Gasteiger partial charge in [-0.1, -0.05) is 50.4 Å². The number of imidazole rings is 1. The van der Waals surface area contributed by atoms with Crippen molar-refractivity contribution in [2.75, 3.05) is 20.3 Å². The monoisotopic (exact) mass is 584 g/mol. The molecular weight excluding hydrogens is 543 g/mol. The molecule has 0 radical (unpaired) electrons. The minimum Gasteiger partial charge on any atom is -0.383 e. The van der Waals surface area contributed by atoms with Gasteiger partial charge in [-0.05, 0) is 74.3 Å². The van der Waals surface area contributed by atoms with Crippen LogP contribution in [0.15, 0.2) is 36.4 Å². The minimum atomic E-state index is -1.04. The predicted octanol–water partition coefficient (Wildman–Crippen LogP) is 6.05. The second-order valence-electron chi connectivity index (χ2n) is 11.8. The summed E-state index contributed by atoms with van der Waals surface area (Å²) in [5.41, 5.74) is 1.72. The number of H-pyrrole nitrogens is 1. The van der Waals surface area contributed by atoms with E-state index >= 15 is 0 Å². The van der Waals surface area contributed by atoms with E-state index in [1.54, 1.807) is 19.2 Å². The lowest BCUT2D eigenvalue weighted by molar-refractivity contribution is -0.134. The second kappa shape index (κ2) is 13.3. The van der Waals surface area contributed by atoms with Gasteiger partial charge in [-0.15, -0.1) is 0 Å². The molecule has 3 aromatic rings. The fourth-order valence-corrected chi connectivity index (χ4v) is 6.39. The highest BCUT2D eigenvalue weighted by Crippen LogP contribution is 2.36. The zero-order valence-corrected chi connectivity index (χ0v) is 25.4. The van der Waals surface area contributed by atoms with Gasteiger partial charge in [0, 0.05) is 30.7 Å². The molecule has 9 heteroatoms. The lowest BCUT2D eigenvalue weighted by atomic mass is 9.81. The first-order chi connectivity index (χ1) is 19.6. The van der Waals surface area contributed by atoms with Crippen LogP contribution in [0.2, 0.25) is 5.02 Å². The summed E-state index contributed by atoms with van der Waals surface area (Å²) >= 11 is 6.41. The first-order valence-electron chi connectivity index (χ1n) is 14.6. The molecular formula is C32H42ClFN4O3. The lowest BCUT2D eigenvalue weighted by Gasteiger charge is -2.32. The van der Waals surface area contributed by atoms with Crippen LogP contribution < -0.4 is 10.6 Å². The van der Waals surface area contributed by atoms with Crippen molar-refractivity contribution >= 4 is 34.4 Å². The van der Waals surface area contributed by atoms with Crippen LogP contribution in [0, 0.1) is 17.7 Å². The number of carbonyl (C=O) groups excluding carboxylic acids is 2. The molecule has 2 amide bonds. The Bertz CT molecular complexity index is 1350. The molecule has 1 saturated carbocycles. The highest BCUT2D eigenvalue weighted by molar-refractivity contribution is 6.31. The summed E-state index contributed by atoms with van der Waals surface area (Å²) in [6.07, 6.45) is 4.44. The van der Waals surface area contributed by atoms with E-state index < -0.39 is 11.5 Å². The maximum atomic E-state index is 14.8. The van der Waals surface area contributed by atoms with E-state index in [9.17, 15) is 14.0 Å². The largest absolute Gasteiger partial charge is 0.383 e. The molecule has 41 heavy (non-hydrogen) atoms. The highest BCUT2D eigenvalue weighted by Gasteiger charge is 2.40. The molecule has 7 nitrogen and oxygen atoms in total. The topological polar surface area (TPSA) is 96.1 Å². The Hall–Kier alpha value is -2.97. The average Bonchev–Trinajstić information content (AvgIpc) is 3.60. The number of fused-ring (bicyclic) bond motifs is 1. The number of hydrogen-bond acceptors (Lipinski definition) is 4. The lowest BCUT2D eigenvalue weighted by Crippen LogP contribution is -2.56. The number of hydrogen-bond donors (Lipinski definition) is 3. The van der Waals surface area contributed by atoms with Gasteiger partial charge in [-0.2, -0.15) is 0 Å². The Morgan fingerprint density at radius 1 is 1.22 bits per heavy atom. The van der Waals surface area contributed by atoms with E-state index in [-0.39, 0.29) is 42.0 Å². The molecule has 222 valence electrons. The van der Waals surface area contributed by atoms with Gasteiger partial charge in [0.05, 0.1) is 23.1 Å². The Morgan fingerprint density at radius 3 is 2.59 bits per heavy atom. The fourth-order valence-electron chi connectivity index (χ4n) is 6.09. The SMILES string of the molecule is CCNC(=O)[C@H](NC(=O)C(C)(COC)c1ccc2nc(CC(c3c(F)cccc3Cl)C(C)C)[nH]c2c1)C1CCCC1. The molecule has 1 aliphatic carbocycles. The summed E-state index contributed by atoms with van der Waals surface area (Å²) in [7, 11) is 1.57. The Kier molecular flexibility index (Phi) is 10.1. The van der Waals surface area contributed by atoms with Crippen LogP contribution >= 0.6 is 11.6 Å². The first kappa shape index (κ1) is 31.0. The van der Waals surface area contributed by atoms with Crippen molar-refractivity contribution in [2.45, 2.75) is 77.2 Å². The molecule has 1 fully saturated rings. The maximum Gasteiger partial charge on any atom is 0.242 e. The van der Waals surface area contributed by atoms with E-state index in [0.717, 1.165) is 42.3 Å². The Morgan fingerprint density at radius 2 is 1.95 bits per heavy atom. The molecule has 1 aromatic heterocycles. The number of aromatic amines is 1. The van der Waals surface area contributed by atoms with Gasteiger partial charge in [-0.3, -0.25) is 9.59 Å². The van der Waals surface area contributed by atoms with Gasteiger partial charge in [0.25, 0.3) is 0 Å². The zero-order valence-electron chi connectivity index (χ0n) is 24.7. The number of halogens is 2. The number of nitrogens with one attached hydrogen (secondary N) is 3. The van der Waals surface area contributed by atoms with Crippen molar-refractivity contribution in [3.8, 4) is 0 Å². The van der Waals surface area contributed by atoms with Gasteiger partial charge in [0.15, 0.2) is 0 Å². The number of rotatable bonds is 12. The van der Waals surface area contributed by atoms with Crippen molar-refractivity contribution in [2.24, 2.45) is 11.8 Å². The molecule has 3 N–H and O–H groups in total. The third-order valence-electron chi connectivity index (χ3n) is 8.48. The van der Waals surface area contributed by atoms with Crippen LogP contribution in [0.5, 0.6) is 0 Å². The first-order valence-corrected chi connectivity index (χ1v) is 15.0. The highest BCUT2D eigenvalue weighted by atomic mass is 35.5. The molecule has 1 heterocycles. The molecule has 0 aliphatic heterocycles. The van der Waals surface area contributed by atoms with E-state index in [1.807, 2.05) is 45.9 Å². The van der Waals surface area contributed by atoms with E-state index in [4.69, 9.17) is 21.3 Å². The molecule has 2 unspecified atom stereocenters. The Balaban J connectivity index is 1.63. The molecule has 3 atom stereocenters. The fraction of sp³-hybridized carbons (Fsp3) is 0.531. The third kappa shape index (κ3) is 6.75. The summed E-state index contributed by atoms with van der Waals surface area (Å²) in [6.45, 7) is 8.45. The minimum absolute atomic E-state index is 0.117. The summed E-state index contributed by atoms with van der Waals surface area (Å²) in [5.74, 6) is 0.0676. The van der Waals surface area contributed by atoms with Crippen molar-refractivity contribution in [3.63, 3.8) is 0 Å². The van der Waals surface area contributed by atoms with Crippen molar-refractivity contribution in [1.29, 1.82) is 0 Å². The van der Waals surface area contributed by atoms with Crippen LogP contribution in [0.1, 0.15) is 76.2 Å². The summed E-state index contributed by atoms with van der Waals surface area (Å²) in [5, 5.41) is 6.38. The maximum absolute atomic E-state index is 14.8. The van der Waals surface area contributed by atoms with Crippen LogP contribution in [-0.2, 0) is 26.2 Å². The summed E-state index contributed by atoms with van der Waals surface area (Å²) in [6, 6.07) is 9.86. The third-order valence-corrected chi connectivity index (χ3v) is 8.81. The Labute approximate surface area is 247 Å². The molecule has 2 aromatic carbocycles. The summed E-state index contributed by atoms with van der Waals surface area (Å²) < 4.78 is 20.3. The molecule has 0 spiro atoms. The van der Waals surface area contributed by atoms with E-state index in [0.29, 0.717) is 29.4 Å². The van der Waals surface area contributed by atoms with Gasteiger partial charge < -0.3 is 20.4 Å². The van der Waals surface area contributed by atoms with E-state index in [1.165, 1.54) is 6.07 Å². The number of carbonyl (C=O) groups is 2. The smallest absolute Gasteiger partial charge is 0.242 e. The number of ether oxygens (including phenoxy) is 1. The number of benzene rings is 2. The predicted molar refractivity (Wildman–Crippen MR) is 161 cm³/mol.